The van der Waals surface area contributed by atoms with Gasteiger partial charge in [0.25, 0.3) is 0 Å². The number of ether oxygens (including phenoxy) is 3. The molecule has 0 atom stereocenters. The molecule has 560 valence electrons. The summed E-state index contributed by atoms with van der Waals surface area (Å²) in [7, 11) is 0. The number of benzene rings is 15. The smallest absolute Gasteiger partial charge is 0.471 e. The number of hydrogen-bond acceptors (Lipinski definition) is 9. The summed E-state index contributed by atoms with van der Waals surface area (Å²) < 4.78 is 19.9. The average Bonchev–Trinajstić information content (AvgIpc) is 0.780. The number of carbonyl (C=O) groups excluding carboxylic acids is 3. The summed E-state index contributed by atoms with van der Waals surface area (Å²) in [6.07, 6.45) is 5.14. The van der Waals surface area contributed by atoms with Crippen LogP contribution in [0.15, 0.2) is 413 Å². The maximum Gasteiger partial charge on any atom is 3.00 e. The molecule has 0 aliphatic heterocycles. The van der Waals surface area contributed by atoms with Gasteiger partial charge in [0.1, 0.15) is 0 Å². The largest absolute Gasteiger partial charge is 3.00 e. The predicted octanol–water partition coefficient (Wildman–Crippen LogP) is 26.3. The van der Waals surface area contributed by atoms with Gasteiger partial charge in [-0.05, 0) is 226 Å². The second kappa shape index (κ2) is 34.6. The minimum Gasteiger partial charge on any atom is -0.471 e. The molecule has 0 saturated heterocycles. The molecule has 0 unspecified atom stereocenters. The predicted molar refractivity (Wildman–Crippen MR) is 467 cm³/mol. The Bertz CT molecular complexity index is 6220. The normalized spacial score (nSPS) is 10.9. The molecule has 0 aliphatic rings. The van der Waals surface area contributed by atoms with Gasteiger partial charge in [-0.15, -0.1) is 71.3 Å². The molecule has 18 aromatic rings. The van der Waals surface area contributed by atoms with Gasteiger partial charge in [0.05, 0.1) is 33.9 Å². The quantitative estimate of drug-likeness (QED) is 0.0418. The number of carbonyl (C=O) groups is 3. The van der Waals surface area contributed by atoms with E-state index in [0.717, 1.165) is 94.6 Å². The van der Waals surface area contributed by atoms with Crippen LogP contribution in [0.1, 0.15) is 31.1 Å². The van der Waals surface area contributed by atoms with Gasteiger partial charge in [0, 0.05) is 18.6 Å². The van der Waals surface area contributed by atoms with Crippen molar-refractivity contribution < 1.29 is 48.7 Å². The van der Waals surface area contributed by atoms with Crippen molar-refractivity contribution >= 4 is 17.9 Å². The van der Waals surface area contributed by atoms with Crippen LogP contribution in [0.5, 0.6) is 17.2 Å². The number of hydrogen-bond donors (Lipinski definition) is 0. The van der Waals surface area contributed by atoms with E-state index in [1.165, 1.54) is 18.2 Å². The standard InChI is InChI=1S/C108H68N3O6.Ir/c112-106(115-103-49-46-82(100-43-19-22-52-109-100)69-97(103)80-41-25-39-78(55-80)91-60-85(72-27-7-1-8-28-72)57-86(61-91)73-29-9-2-10-30-73)94-66-95(68-96(67-94)108(114)117-105-51-48-84(102-45-21-24-54-111-102)71-99(105)93-64-89(76-35-15-5-16-36-76)59-90(65-93)77-37-17-6-18-38-77)107(113)116-104-50-47-83(101-44-20-23-53-110-101)70-98(104)81-42-26-40-79(56-81)92-62-87(74-31-11-3-12-32-74)58-88(63-92)75-33-13-4-14-34-75;/h1-45,49-71H;/q-3;+3. The van der Waals surface area contributed by atoms with Crippen LogP contribution >= 0.6 is 0 Å². The van der Waals surface area contributed by atoms with Gasteiger partial charge in [-0.2, -0.15) is 0 Å². The summed E-state index contributed by atoms with van der Waals surface area (Å²) in [5.41, 5.74) is 23.0. The Hall–Kier alpha value is -15.2. The molecule has 10 heteroatoms. The molecule has 0 bridgehead atoms. The zero-order valence-electron chi connectivity index (χ0n) is 63.4. The van der Waals surface area contributed by atoms with Crippen molar-refractivity contribution in [2.24, 2.45) is 0 Å². The van der Waals surface area contributed by atoms with Crippen LogP contribution in [0, 0.1) is 18.2 Å². The Labute approximate surface area is 697 Å². The third kappa shape index (κ3) is 16.9. The van der Waals surface area contributed by atoms with E-state index in [1.54, 1.807) is 36.8 Å². The maximum absolute atomic E-state index is 15.7. The Morgan fingerprint density at radius 3 is 0.669 bits per heavy atom. The number of nitrogens with zero attached hydrogens (tertiary/aromatic N) is 3. The van der Waals surface area contributed by atoms with Crippen molar-refractivity contribution in [1.82, 2.24) is 15.0 Å². The van der Waals surface area contributed by atoms with E-state index in [-0.39, 0.29) is 54.0 Å². The summed E-state index contributed by atoms with van der Waals surface area (Å²) in [5, 5.41) is 0. The van der Waals surface area contributed by atoms with Gasteiger partial charge < -0.3 is 29.2 Å². The number of aromatic nitrogens is 3. The first-order chi connectivity index (χ1) is 57.7. The molecule has 3 heterocycles. The van der Waals surface area contributed by atoms with Crippen LogP contribution < -0.4 is 14.2 Å². The molecular formula is C108H68IrN3O6. The van der Waals surface area contributed by atoms with Gasteiger partial charge in [-0.25, -0.2) is 14.4 Å². The number of pyridine rings is 3. The van der Waals surface area contributed by atoms with Crippen molar-refractivity contribution in [3.8, 4) is 173 Å². The monoisotopic (exact) mass is 1700 g/mol. The van der Waals surface area contributed by atoms with Crippen molar-refractivity contribution in [3.05, 3.63) is 448 Å². The van der Waals surface area contributed by atoms with Crippen LogP contribution in [0.25, 0.3) is 156 Å². The maximum atomic E-state index is 15.7. The molecule has 0 fully saturated rings. The Kier molecular flexibility index (Phi) is 22.2. The minimum absolute atomic E-state index is 0. The summed E-state index contributed by atoms with van der Waals surface area (Å²) in [4.78, 5) is 61.3. The molecule has 118 heavy (non-hydrogen) atoms. The van der Waals surface area contributed by atoms with Crippen LogP contribution in [-0.2, 0) is 20.1 Å². The Balaban J connectivity index is 0.00000998. The summed E-state index contributed by atoms with van der Waals surface area (Å²) in [6.45, 7) is 0. The molecule has 0 aliphatic carbocycles. The topological polar surface area (TPSA) is 118 Å². The van der Waals surface area contributed by atoms with Crippen molar-refractivity contribution in [1.29, 1.82) is 0 Å². The van der Waals surface area contributed by atoms with Crippen LogP contribution in [0.2, 0.25) is 0 Å². The third-order valence-corrected chi connectivity index (χ3v) is 20.6. The Morgan fingerprint density at radius 2 is 0.415 bits per heavy atom. The molecular weight excluding hydrogens is 1630 g/mol. The molecule has 0 spiro atoms. The van der Waals surface area contributed by atoms with Crippen molar-refractivity contribution in [2.45, 2.75) is 0 Å². The van der Waals surface area contributed by atoms with Gasteiger partial charge in [0.15, 0.2) is 0 Å². The van der Waals surface area contributed by atoms with Crippen molar-refractivity contribution in [3.63, 3.8) is 0 Å². The molecule has 0 amide bonds. The first-order valence-corrected chi connectivity index (χ1v) is 38.4. The third-order valence-electron chi connectivity index (χ3n) is 20.6. The molecule has 15 aromatic carbocycles. The van der Waals surface area contributed by atoms with E-state index in [2.05, 4.69) is 170 Å². The molecule has 0 saturated carbocycles. The van der Waals surface area contributed by atoms with E-state index in [9.17, 15) is 0 Å². The summed E-state index contributed by atoms with van der Waals surface area (Å²) in [5.74, 6) is -2.31. The number of esters is 3. The van der Waals surface area contributed by atoms with Gasteiger partial charge in [-0.1, -0.05) is 271 Å². The van der Waals surface area contributed by atoms with Crippen molar-refractivity contribution in [2.75, 3.05) is 0 Å². The van der Waals surface area contributed by atoms with E-state index in [1.807, 2.05) is 206 Å². The fourth-order valence-corrected chi connectivity index (χ4v) is 14.7. The van der Waals surface area contributed by atoms with Gasteiger partial charge in [0.2, 0.25) is 0 Å². The molecule has 9 nitrogen and oxygen atoms in total. The second-order valence-electron chi connectivity index (χ2n) is 28.2. The molecule has 18 rings (SSSR count). The Morgan fingerprint density at radius 1 is 0.203 bits per heavy atom. The summed E-state index contributed by atoms with van der Waals surface area (Å²) in [6, 6.07) is 139. The second-order valence-corrected chi connectivity index (χ2v) is 28.2. The molecule has 3 aromatic heterocycles. The summed E-state index contributed by atoms with van der Waals surface area (Å²) >= 11 is 0. The van der Waals surface area contributed by atoms with Gasteiger partial charge in [-0.3, -0.25) is 0 Å². The van der Waals surface area contributed by atoms with E-state index in [0.29, 0.717) is 61.6 Å². The van der Waals surface area contributed by atoms with E-state index >= 15 is 14.4 Å². The van der Waals surface area contributed by atoms with E-state index in [4.69, 9.17) is 29.2 Å². The van der Waals surface area contributed by atoms with Crippen LogP contribution in [0.4, 0.5) is 0 Å². The fraction of sp³-hybridized carbons (Fsp3) is 0. The average molecular weight is 1700 g/mol. The van der Waals surface area contributed by atoms with Crippen LogP contribution in [-0.4, -0.2) is 32.9 Å². The molecule has 0 radical (unpaired) electrons. The zero-order chi connectivity index (χ0) is 78.8. The first kappa shape index (κ1) is 75.5. The van der Waals surface area contributed by atoms with Gasteiger partial charge >= 0.3 is 38.0 Å². The van der Waals surface area contributed by atoms with Crippen LogP contribution in [0.3, 0.4) is 0 Å². The zero-order valence-corrected chi connectivity index (χ0v) is 65.8. The fourth-order valence-electron chi connectivity index (χ4n) is 14.7. The molecule has 0 N–H and O–H groups in total. The van der Waals surface area contributed by atoms with E-state index < -0.39 is 17.9 Å². The first-order valence-electron chi connectivity index (χ1n) is 38.4. The SMILES string of the molecule is O=C(Oc1c[c-]c(-c2ccccn2)cc1-c1cccc(-c2cc(-c3ccccc3)cc(-c3ccccc3)c2)c1)c1cc(C(=O)Oc2c[c-]c(-c3ccccn3)cc2-c2cccc(-c3cc(-c4ccccc4)cc(-c4ccccc4)c3)c2)cc(C(=O)Oc2c[c-]c(-c3ccccn3)cc2-c2cc(-c3ccccc3)cc(-c3ccccc3)c2)c1.[Ir+3]. The number of rotatable bonds is 20. The minimum atomic E-state index is -0.907.